The number of carboxylic acid groups (broad SMARTS) is 1. The first kappa shape index (κ1) is 22.8. The lowest BCUT2D eigenvalue weighted by Crippen LogP contribution is -2.54. The van der Waals surface area contributed by atoms with Gasteiger partial charge in [0.15, 0.2) is 0 Å². The average molecular weight is 451 g/mol. The Morgan fingerprint density at radius 2 is 1.58 bits per heavy atom. The van der Waals surface area contributed by atoms with Gasteiger partial charge in [0.1, 0.15) is 12.6 Å². The summed E-state index contributed by atoms with van der Waals surface area (Å²) in [6.45, 7) is 5.72. The Kier molecular flexibility index (Phi) is 5.91. The Balaban J connectivity index is 1.40. The molecule has 2 aliphatic rings. The number of rotatable bonds is 7. The third kappa shape index (κ3) is 4.58. The topological polar surface area (TPSA) is 105 Å². The summed E-state index contributed by atoms with van der Waals surface area (Å²) in [6.07, 6.45) is 0.414. The minimum Gasteiger partial charge on any atom is -0.481 e. The zero-order valence-electron chi connectivity index (χ0n) is 19.2. The molecule has 1 atom stereocenters. The molecular weight excluding hydrogens is 420 g/mol. The van der Waals surface area contributed by atoms with E-state index in [9.17, 15) is 19.5 Å². The number of carboxylic acids is 1. The van der Waals surface area contributed by atoms with Crippen LogP contribution >= 0.6 is 0 Å². The molecule has 7 nitrogen and oxygen atoms in total. The van der Waals surface area contributed by atoms with Crippen LogP contribution in [0.4, 0.5) is 4.79 Å². The molecule has 1 fully saturated rings. The molecule has 0 unspecified atom stereocenters. The lowest BCUT2D eigenvalue weighted by molar-refractivity contribution is -0.143. The summed E-state index contributed by atoms with van der Waals surface area (Å²) >= 11 is 0. The van der Waals surface area contributed by atoms with Crippen molar-refractivity contribution in [2.24, 2.45) is 10.8 Å². The van der Waals surface area contributed by atoms with Crippen LogP contribution in [-0.4, -0.2) is 42.3 Å². The fraction of sp³-hybridized carbons (Fsp3) is 0.423. The van der Waals surface area contributed by atoms with Crippen molar-refractivity contribution < 1.29 is 24.2 Å². The molecular formula is C26H30N2O5. The maximum atomic E-state index is 12.8. The SMILES string of the molecule is CC(C)(C)[C@@H](NC(=O)OCC1c2ccccc2-c2ccccc21)C(=O)NCC1(C(=O)O)CC1. The van der Waals surface area contributed by atoms with Gasteiger partial charge in [0.05, 0.1) is 5.41 Å². The van der Waals surface area contributed by atoms with Crippen molar-refractivity contribution >= 4 is 18.0 Å². The Labute approximate surface area is 193 Å². The number of alkyl carbamates (subject to hydrolysis) is 1. The maximum Gasteiger partial charge on any atom is 0.407 e. The number of ether oxygens (including phenoxy) is 1. The van der Waals surface area contributed by atoms with E-state index in [0.717, 1.165) is 22.3 Å². The largest absolute Gasteiger partial charge is 0.481 e. The lowest BCUT2D eigenvalue weighted by Gasteiger charge is -2.30. The van der Waals surface area contributed by atoms with Crippen LogP contribution in [0.3, 0.4) is 0 Å². The van der Waals surface area contributed by atoms with Crippen molar-refractivity contribution in [2.75, 3.05) is 13.2 Å². The van der Waals surface area contributed by atoms with Gasteiger partial charge in [-0.3, -0.25) is 9.59 Å². The van der Waals surface area contributed by atoms with E-state index < -0.39 is 34.8 Å². The first-order valence-electron chi connectivity index (χ1n) is 11.2. The van der Waals surface area contributed by atoms with Crippen LogP contribution in [0.25, 0.3) is 11.1 Å². The number of carbonyl (C=O) groups excluding carboxylic acids is 2. The molecule has 2 aliphatic carbocycles. The number of benzene rings is 2. The second-order valence-electron chi connectivity index (χ2n) is 10.1. The van der Waals surface area contributed by atoms with Crippen LogP contribution in [0.2, 0.25) is 0 Å². The van der Waals surface area contributed by atoms with E-state index in [4.69, 9.17) is 4.74 Å². The quantitative estimate of drug-likeness (QED) is 0.593. The van der Waals surface area contributed by atoms with E-state index in [0.29, 0.717) is 12.8 Å². The molecule has 3 N–H and O–H groups in total. The van der Waals surface area contributed by atoms with E-state index >= 15 is 0 Å². The second kappa shape index (κ2) is 8.54. The van der Waals surface area contributed by atoms with E-state index in [-0.39, 0.29) is 19.1 Å². The molecule has 2 aromatic carbocycles. The van der Waals surface area contributed by atoms with Crippen molar-refractivity contribution in [3.8, 4) is 11.1 Å². The van der Waals surface area contributed by atoms with Gasteiger partial charge in [-0.2, -0.15) is 0 Å². The number of amides is 2. The maximum absolute atomic E-state index is 12.8. The van der Waals surface area contributed by atoms with Gasteiger partial charge in [-0.25, -0.2) is 4.79 Å². The summed E-state index contributed by atoms with van der Waals surface area (Å²) in [5, 5.41) is 14.7. The molecule has 0 spiro atoms. The fourth-order valence-electron chi connectivity index (χ4n) is 4.41. The summed E-state index contributed by atoms with van der Waals surface area (Å²) in [7, 11) is 0. The van der Waals surface area contributed by atoms with Crippen LogP contribution < -0.4 is 10.6 Å². The summed E-state index contributed by atoms with van der Waals surface area (Å²) in [5.74, 6) is -1.39. The van der Waals surface area contributed by atoms with Gasteiger partial charge in [0.25, 0.3) is 0 Å². The van der Waals surface area contributed by atoms with Gasteiger partial charge in [0, 0.05) is 12.5 Å². The first-order valence-corrected chi connectivity index (χ1v) is 11.2. The molecule has 0 saturated heterocycles. The van der Waals surface area contributed by atoms with Crippen LogP contribution in [0.5, 0.6) is 0 Å². The molecule has 2 amide bonds. The Morgan fingerprint density at radius 1 is 1.03 bits per heavy atom. The molecule has 1 saturated carbocycles. The molecule has 0 bridgehead atoms. The summed E-state index contributed by atoms with van der Waals surface area (Å²) in [6, 6.07) is 15.3. The van der Waals surface area contributed by atoms with Gasteiger partial charge in [-0.15, -0.1) is 0 Å². The smallest absolute Gasteiger partial charge is 0.407 e. The highest BCUT2D eigenvalue weighted by Crippen LogP contribution is 2.45. The van der Waals surface area contributed by atoms with Crippen LogP contribution in [0.1, 0.15) is 50.7 Å². The molecule has 7 heteroatoms. The standard InChI is InChI=1S/C26H30N2O5/c1-25(2,3)21(22(29)27-15-26(12-13-26)23(30)31)28-24(32)33-14-20-18-10-6-4-8-16(18)17-9-5-7-11-19(17)20/h4-11,20-21H,12-15H2,1-3H3,(H,27,29)(H,28,32)(H,30,31)/t21-/m0/s1. The monoisotopic (exact) mass is 450 g/mol. The highest BCUT2D eigenvalue weighted by atomic mass is 16.5. The lowest BCUT2D eigenvalue weighted by atomic mass is 9.86. The average Bonchev–Trinajstić information content (AvgIpc) is 3.51. The number of carbonyl (C=O) groups is 3. The van der Waals surface area contributed by atoms with E-state index in [1.165, 1.54) is 0 Å². The summed E-state index contributed by atoms with van der Waals surface area (Å²) < 4.78 is 5.59. The Hall–Kier alpha value is -3.35. The molecule has 0 heterocycles. The highest BCUT2D eigenvalue weighted by molar-refractivity contribution is 5.87. The molecule has 4 rings (SSSR count). The van der Waals surface area contributed by atoms with Gasteiger partial charge in [0.2, 0.25) is 5.91 Å². The molecule has 0 aliphatic heterocycles. The van der Waals surface area contributed by atoms with Gasteiger partial charge >= 0.3 is 12.1 Å². The minimum absolute atomic E-state index is 0.0557. The van der Waals surface area contributed by atoms with Crippen molar-refractivity contribution in [3.63, 3.8) is 0 Å². The number of aliphatic carboxylic acids is 1. The predicted octanol–water partition coefficient (Wildman–Crippen LogP) is 3.92. The van der Waals surface area contributed by atoms with Crippen molar-refractivity contribution in [1.82, 2.24) is 10.6 Å². The number of fused-ring (bicyclic) bond motifs is 3. The van der Waals surface area contributed by atoms with Gasteiger partial charge in [-0.1, -0.05) is 69.3 Å². The Morgan fingerprint density at radius 3 is 2.06 bits per heavy atom. The third-order valence-electron chi connectivity index (χ3n) is 6.64. The van der Waals surface area contributed by atoms with Crippen LogP contribution in [0, 0.1) is 10.8 Å². The molecule has 0 aromatic heterocycles. The van der Waals surface area contributed by atoms with E-state index in [1.54, 1.807) is 0 Å². The number of nitrogens with one attached hydrogen (secondary N) is 2. The van der Waals surface area contributed by atoms with Crippen LogP contribution in [0.15, 0.2) is 48.5 Å². The second-order valence-corrected chi connectivity index (χ2v) is 10.1. The number of hydrogen-bond donors (Lipinski definition) is 3. The van der Waals surface area contributed by atoms with Gasteiger partial charge < -0.3 is 20.5 Å². The molecule has 0 radical (unpaired) electrons. The van der Waals surface area contributed by atoms with E-state index in [1.807, 2.05) is 57.2 Å². The van der Waals surface area contributed by atoms with Gasteiger partial charge in [-0.05, 0) is 40.5 Å². The normalized spacial score (nSPS) is 16.8. The zero-order chi connectivity index (χ0) is 23.8. The summed E-state index contributed by atoms with van der Waals surface area (Å²) in [5.41, 5.74) is 3.04. The van der Waals surface area contributed by atoms with Crippen molar-refractivity contribution in [1.29, 1.82) is 0 Å². The Bertz CT molecular complexity index is 1040. The minimum atomic E-state index is -0.903. The van der Waals surface area contributed by atoms with Crippen molar-refractivity contribution in [3.05, 3.63) is 59.7 Å². The molecule has 174 valence electrons. The zero-order valence-corrected chi connectivity index (χ0v) is 19.2. The van der Waals surface area contributed by atoms with E-state index in [2.05, 4.69) is 22.8 Å². The fourth-order valence-corrected chi connectivity index (χ4v) is 4.41. The predicted molar refractivity (Wildman–Crippen MR) is 124 cm³/mol. The molecule has 33 heavy (non-hydrogen) atoms. The number of hydrogen-bond acceptors (Lipinski definition) is 4. The molecule has 2 aromatic rings. The van der Waals surface area contributed by atoms with Crippen molar-refractivity contribution in [2.45, 2.75) is 45.6 Å². The highest BCUT2D eigenvalue weighted by Gasteiger charge is 2.50. The van der Waals surface area contributed by atoms with Crippen LogP contribution in [-0.2, 0) is 14.3 Å². The first-order chi connectivity index (χ1) is 15.6. The summed E-state index contributed by atoms with van der Waals surface area (Å²) in [4.78, 5) is 36.9. The third-order valence-corrected chi connectivity index (χ3v) is 6.64.